The first kappa shape index (κ1) is 12.8. The quantitative estimate of drug-likeness (QED) is 0.818. The van der Waals surface area contributed by atoms with Crippen LogP contribution in [0.1, 0.15) is 25.7 Å². The Morgan fingerprint density at radius 1 is 1.00 bits per heavy atom. The van der Waals surface area contributed by atoms with Crippen LogP contribution in [0.2, 0.25) is 0 Å². The minimum absolute atomic E-state index is 0.154. The van der Waals surface area contributed by atoms with Crippen molar-refractivity contribution in [1.29, 1.82) is 0 Å². The normalized spacial score (nSPS) is 16.2. The molecule has 2 amide bonds. The molecule has 0 unspecified atom stereocenters. The largest absolute Gasteiger partial charge is 0.325 e. The number of likely N-dealkylation sites (tertiary alicyclic amines) is 1. The van der Waals surface area contributed by atoms with Gasteiger partial charge in [-0.1, -0.05) is 12.8 Å². The summed E-state index contributed by atoms with van der Waals surface area (Å²) in [5.41, 5.74) is 0.154. The summed E-state index contributed by atoms with van der Waals surface area (Å²) >= 11 is 0. The minimum atomic E-state index is -0.693. The fourth-order valence-corrected chi connectivity index (χ4v) is 2.10. The van der Waals surface area contributed by atoms with Crippen LogP contribution in [0.15, 0.2) is 18.2 Å². The molecule has 2 rings (SSSR count). The van der Waals surface area contributed by atoms with E-state index < -0.39 is 11.6 Å². The van der Waals surface area contributed by atoms with Gasteiger partial charge in [0.25, 0.3) is 0 Å². The molecule has 18 heavy (non-hydrogen) atoms. The Morgan fingerprint density at radius 3 is 2.11 bits per heavy atom. The van der Waals surface area contributed by atoms with Crippen molar-refractivity contribution < 1.29 is 13.6 Å². The second-order valence-corrected chi connectivity index (χ2v) is 4.49. The zero-order valence-corrected chi connectivity index (χ0v) is 10.1. The molecule has 3 nitrogen and oxygen atoms in total. The van der Waals surface area contributed by atoms with Gasteiger partial charge in [-0.15, -0.1) is 0 Å². The number of carbonyl (C=O) groups is 1. The van der Waals surface area contributed by atoms with Crippen molar-refractivity contribution in [2.75, 3.05) is 18.4 Å². The molecule has 0 aliphatic carbocycles. The summed E-state index contributed by atoms with van der Waals surface area (Å²) in [6.07, 6.45) is 4.20. The Morgan fingerprint density at radius 2 is 1.56 bits per heavy atom. The van der Waals surface area contributed by atoms with Crippen LogP contribution < -0.4 is 5.32 Å². The lowest BCUT2D eigenvalue weighted by Crippen LogP contribution is -2.35. The molecule has 0 atom stereocenters. The van der Waals surface area contributed by atoms with Gasteiger partial charge in [-0.25, -0.2) is 13.6 Å². The van der Waals surface area contributed by atoms with Crippen LogP contribution in [0.25, 0.3) is 0 Å². The van der Waals surface area contributed by atoms with Crippen LogP contribution in [0.4, 0.5) is 19.3 Å². The lowest BCUT2D eigenvalue weighted by Gasteiger charge is -2.20. The number of hydrogen-bond donors (Lipinski definition) is 1. The van der Waals surface area contributed by atoms with E-state index in [0.717, 1.165) is 43.9 Å². The molecule has 1 aromatic rings. The number of hydrogen-bond acceptors (Lipinski definition) is 1. The number of urea groups is 1. The number of halogens is 2. The number of carbonyl (C=O) groups excluding carboxylic acids is 1. The van der Waals surface area contributed by atoms with Crippen LogP contribution in [0.5, 0.6) is 0 Å². The predicted octanol–water partition coefficient (Wildman–Crippen LogP) is 3.37. The topological polar surface area (TPSA) is 32.3 Å². The Labute approximate surface area is 105 Å². The van der Waals surface area contributed by atoms with Gasteiger partial charge in [-0.3, -0.25) is 0 Å². The highest BCUT2D eigenvalue weighted by Crippen LogP contribution is 2.15. The molecular formula is C13H16F2N2O. The number of nitrogens with zero attached hydrogens (tertiary/aromatic N) is 1. The Bertz CT molecular complexity index is 409. The van der Waals surface area contributed by atoms with E-state index in [4.69, 9.17) is 0 Å². The number of anilines is 1. The molecule has 5 heteroatoms. The molecule has 0 saturated carbocycles. The van der Waals surface area contributed by atoms with Crippen molar-refractivity contribution >= 4 is 11.7 Å². The van der Waals surface area contributed by atoms with E-state index >= 15 is 0 Å². The molecule has 1 aromatic carbocycles. The average molecular weight is 254 g/mol. The van der Waals surface area contributed by atoms with E-state index in [-0.39, 0.29) is 11.7 Å². The smallest absolute Gasteiger partial charge is 0.321 e. The molecule has 98 valence electrons. The summed E-state index contributed by atoms with van der Waals surface area (Å²) in [4.78, 5) is 13.6. The maximum atomic E-state index is 13.0. The van der Waals surface area contributed by atoms with Gasteiger partial charge in [-0.2, -0.15) is 0 Å². The van der Waals surface area contributed by atoms with Gasteiger partial charge in [0, 0.05) is 24.8 Å². The van der Waals surface area contributed by atoms with Gasteiger partial charge in [0.05, 0.1) is 0 Å². The second kappa shape index (κ2) is 5.80. The van der Waals surface area contributed by atoms with Crippen LogP contribution in [-0.2, 0) is 0 Å². The van der Waals surface area contributed by atoms with E-state index in [0.29, 0.717) is 13.1 Å². The molecule has 1 heterocycles. The average Bonchev–Trinajstić information content (AvgIpc) is 2.55. The predicted molar refractivity (Wildman–Crippen MR) is 65.4 cm³/mol. The summed E-state index contributed by atoms with van der Waals surface area (Å²) in [6, 6.07) is 2.71. The van der Waals surface area contributed by atoms with Crippen molar-refractivity contribution in [3.05, 3.63) is 29.8 Å². The third-order valence-corrected chi connectivity index (χ3v) is 3.01. The van der Waals surface area contributed by atoms with Crippen molar-refractivity contribution in [3.8, 4) is 0 Å². The molecule has 1 N–H and O–H groups in total. The minimum Gasteiger partial charge on any atom is -0.325 e. The van der Waals surface area contributed by atoms with Crippen LogP contribution in [0, 0.1) is 11.6 Å². The molecule has 1 fully saturated rings. The maximum absolute atomic E-state index is 13.0. The van der Waals surface area contributed by atoms with Gasteiger partial charge in [0.15, 0.2) is 0 Å². The highest BCUT2D eigenvalue weighted by molar-refractivity contribution is 5.89. The number of rotatable bonds is 1. The Balaban J connectivity index is 2.01. The molecule has 0 spiro atoms. The number of nitrogens with one attached hydrogen (secondary N) is 1. The fraction of sp³-hybridized carbons (Fsp3) is 0.462. The molecule has 0 aromatic heterocycles. The van der Waals surface area contributed by atoms with Gasteiger partial charge in [0.1, 0.15) is 11.6 Å². The summed E-state index contributed by atoms with van der Waals surface area (Å²) in [5, 5.41) is 2.53. The van der Waals surface area contributed by atoms with Crippen molar-refractivity contribution in [3.63, 3.8) is 0 Å². The van der Waals surface area contributed by atoms with Gasteiger partial charge < -0.3 is 10.2 Å². The summed E-state index contributed by atoms with van der Waals surface area (Å²) in [6.45, 7) is 1.40. The summed E-state index contributed by atoms with van der Waals surface area (Å²) in [5.74, 6) is -1.39. The maximum Gasteiger partial charge on any atom is 0.321 e. The monoisotopic (exact) mass is 254 g/mol. The first-order valence-corrected chi connectivity index (χ1v) is 6.17. The second-order valence-electron chi connectivity index (χ2n) is 4.49. The van der Waals surface area contributed by atoms with Gasteiger partial charge >= 0.3 is 6.03 Å². The first-order chi connectivity index (χ1) is 8.65. The third kappa shape index (κ3) is 3.42. The summed E-state index contributed by atoms with van der Waals surface area (Å²) < 4.78 is 26.0. The highest BCUT2D eigenvalue weighted by atomic mass is 19.1. The van der Waals surface area contributed by atoms with E-state index in [1.54, 1.807) is 4.90 Å². The zero-order valence-electron chi connectivity index (χ0n) is 10.1. The van der Waals surface area contributed by atoms with Gasteiger partial charge in [0.2, 0.25) is 0 Å². The highest BCUT2D eigenvalue weighted by Gasteiger charge is 2.15. The van der Waals surface area contributed by atoms with Crippen LogP contribution in [0.3, 0.4) is 0 Å². The van der Waals surface area contributed by atoms with Gasteiger partial charge in [-0.05, 0) is 25.0 Å². The van der Waals surface area contributed by atoms with E-state index in [2.05, 4.69) is 5.32 Å². The van der Waals surface area contributed by atoms with E-state index in [9.17, 15) is 13.6 Å². The number of amides is 2. The van der Waals surface area contributed by atoms with Crippen LogP contribution in [-0.4, -0.2) is 24.0 Å². The Hall–Kier alpha value is -1.65. The molecule has 1 saturated heterocycles. The zero-order chi connectivity index (χ0) is 13.0. The van der Waals surface area contributed by atoms with Crippen molar-refractivity contribution in [2.45, 2.75) is 25.7 Å². The molecule has 1 aliphatic heterocycles. The SMILES string of the molecule is O=C(Nc1cc(F)cc(F)c1)N1CCCCCC1. The van der Waals surface area contributed by atoms with E-state index in [1.807, 2.05) is 0 Å². The van der Waals surface area contributed by atoms with E-state index in [1.165, 1.54) is 0 Å². The standard InChI is InChI=1S/C13H16F2N2O/c14-10-7-11(15)9-12(8-10)16-13(18)17-5-3-1-2-4-6-17/h7-9H,1-6H2,(H,16,18). The fourth-order valence-electron chi connectivity index (χ4n) is 2.10. The molecule has 0 bridgehead atoms. The Kier molecular flexibility index (Phi) is 4.12. The van der Waals surface area contributed by atoms with Crippen molar-refractivity contribution in [2.24, 2.45) is 0 Å². The van der Waals surface area contributed by atoms with Crippen molar-refractivity contribution in [1.82, 2.24) is 4.90 Å². The first-order valence-electron chi connectivity index (χ1n) is 6.17. The summed E-state index contributed by atoms with van der Waals surface area (Å²) in [7, 11) is 0. The molecule has 1 aliphatic rings. The van der Waals surface area contributed by atoms with Crippen LogP contribution >= 0.6 is 0 Å². The number of benzene rings is 1. The lowest BCUT2D eigenvalue weighted by atomic mass is 10.2. The third-order valence-electron chi connectivity index (χ3n) is 3.01. The molecule has 0 radical (unpaired) electrons. The molecular weight excluding hydrogens is 238 g/mol. The lowest BCUT2D eigenvalue weighted by molar-refractivity contribution is 0.214.